The summed E-state index contributed by atoms with van der Waals surface area (Å²) >= 11 is 0. The lowest BCUT2D eigenvalue weighted by Gasteiger charge is -2.16. The molecule has 0 aliphatic heterocycles. The highest BCUT2D eigenvalue weighted by Crippen LogP contribution is 2.21. The predicted molar refractivity (Wildman–Crippen MR) is 76.6 cm³/mol. The van der Waals surface area contributed by atoms with Gasteiger partial charge in [-0.1, -0.05) is 24.3 Å². The van der Waals surface area contributed by atoms with Gasteiger partial charge in [0.15, 0.2) is 0 Å². The van der Waals surface area contributed by atoms with Crippen molar-refractivity contribution in [1.29, 1.82) is 0 Å². The molecule has 100 valence electrons. The van der Waals surface area contributed by atoms with E-state index in [1.165, 1.54) is 5.56 Å². The summed E-state index contributed by atoms with van der Waals surface area (Å²) in [6.45, 7) is 3.02. The molecular weight excluding hydrogens is 238 g/mol. The summed E-state index contributed by atoms with van der Waals surface area (Å²) in [7, 11) is 0. The second-order valence-electron chi connectivity index (χ2n) is 4.66. The van der Waals surface area contributed by atoms with Crippen LogP contribution in [0.1, 0.15) is 17.0 Å². The minimum Gasteiger partial charge on any atom is -0.508 e. The predicted octanol–water partition coefficient (Wildman–Crippen LogP) is 2.82. The second kappa shape index (κ2) is 6.25. The fourth-order valence-corrected chi connectivity index (χ4v) is 1.98. The first-order valence-electron chi connectivity index (χ1n) is 6.37. The number of rotatable bonds is 5. The molecule has 0 saturated heterocycles. The maximum atomic E-state index is 9.50. The molecule has 0 saturated carbocycles. The summed E-state index contributed by atoms with van der Waals surface area (Å²) in [5.41, 5.74) is 7.95. The van der Waals surface area contributed by atoms with E-state index >= 15 is 0 Å². The molecule has 0 bridgehead atoms. The van der Waals surface area contributed by atoms with Crippen LogP contribution in [-0.4, -0.2) is 18.3 Å². The molecule has 2 aromatic carbocycles. The summed E-state index contributed by atoms with van der Waals surface area (Å²) in [6, 6.07) is 15.1. The van der Waals surface area contributed by atoms with Crippen molar-refractivity contribution >= 4 is 0 Å². The van der Waals surface area contributed by atoms with Crippen LogP contribution < -0.4 is 10.5 Å². The third kappa shape index (κ3) is 3.73. The van der Waals surface area contributed by atoms with Gasteiger partial charge in [0.2, 0.25) is 0 Å². The van der Waals surface area contributed by atoms with Crippen LogP contribution in [0.3, 0.4) is 0 Å². The Labute approximate surface area is 113 Å². The lowest BCUT2D eigenvalue weighted by atomic mass is 10.00. The van der Waals surface area contributed by atoms with Gasteiger partial charge >= 0.3 is 0 Å². The van der Waals surface area contributed by atoms with Crippen molar-refractivity contribution < 1.29 is 9.84 Å². The van der Waals surface area contributed by atoms with Gasteiger partial charge in [-0.3, -0.25) is 0 Å². The van der Waals surface area contributed by atoms with Crippen LogP contribution >= 0.6 is 0 Å². The minimum absolute atomic E-state index is 0.0765. The van der Waals surface area contributed by atoms with Crippen LogP contribution in [0, 0.1) is 6.92 Å². The Hall–Kier alpha value is -2.00. The number of hydrogen-bond acceptors (Lipinski definition) is 3. The van der Waals surface area contributed by atoms with Gasteiger partial charge in [-0.25, -0.2) is 0 Å². The molecule has 2 rings (SSSR count). The van der Waals surface area contributed by atoms with Crippen LogP contribution in [0.15, 0.2) is 48.5 Å². The topological polar surface area (TPSA) is 55.5 Å². The summed E-state index contributed by atoms with van der Waals surface area (Å²) in [6.07, 6.45) is 0. The number of benzene rings is 2. The Morgan fingerprint density at radius 3 is 2.63 bits per heavy atom. The van der Waals surface area contributed by atoms with Crippen molar-refractivity contribution in [1.82, 2.24) is 0 Å². The molecule has 3 heteroatoms. The van der Waals surface area contributed by atoms with E-state index in [9.17, 15) is 5.11 Å². The molecule has 3 nitrogen and oxygen atoms in total. The third-order valence-electron chi connectivity index (χ3n) is 3.07. The minimum atomic E-state index is 0.0765. The zero-order valence-electron chi connectivity index (χ0n) is 11.0. The van der Waals surface area contributed by atoms with Crippen LogP contribution in [0.5, 0.6) is 11.5 Å². The van der Waals surface area contributed by atoms with E-state index in [0.29, 0.717) is 13.2 Å². The molecule has 0 heterocycles. The second-order valence-corrected chi connectivity index (χ2v) is 4.66. The Bertz CT molecular complexity index is 540. The smallest absolute Gasteiger partial charge is 0.119 e. The van der Waals surface area contributed by atoms with Gasteiger partial charge in [0.25, 0.3) is 0 Å². The van der Waals surface area contributed by atoms with Gasteiger partial charge in [-0.2, -0.15) is 0 Å². The number of phenols is 1. The molecule has 0 aliphatic carbocycles. The Balaban J connectivity index is 2.04. The molecule has 1 atom stereocenters. The molecule has 1 unspecified atom stereocenters. The molecular formula is C16H19NO2. The molecule has 0 amide bonds. The molecule has 0 spiro atoms. The van der Waals surface area contributed by atoms with E-state index in [1.807, 2.05) is 43.3 Å². The Kier molecular flexibility index (Phi) is 4.42. The van der Waals surface area contributed by atoms with Crippen LogP contribution in [0.25, 0.3) is 0 Å². The Morgan fingerprint density at radius 2 is 1.95 bits per heavy atom. The van der Waals surface area contributed by atoms with Crippen molar-refractivity contribution in [3.05, 3.63) is 59.7 Å². The van der Waals surface area contributed by atoms with Gasteiger partial charge in [0.1, 0.15) is 11.5 Å². The van der Waals surface area contributed by atoms with E-state index in [1.54, 1.807) is 12.1 Å². The molecule has 0 aromatic heterocycles. The first-order chi connectivity index (χ1) is 9.19. The fraction of sp³-hybridized carbons (Fsp3) is 0.250. The van der Waals surface area contributed by atoms with Gasteiger partial charge in [-0.05, 0) is 42.3 Å². The highest BCUT2D eigenvalue weighted by atomic mass is 16.5. The van der Waals surface area contributed by atoms with Crippen molar-refractivity contribution in [2.75, 3.05) is 13.2 Å². The van der Waals surface area contributed by atoms with Crippen LogP contribution in [0.4, 0.5) is 0 Å². The van der Waals surface area contributed by atoms with Crippen molar-refractivity contribution in [3.8, 4) is 11.5 Å². The molecule has 0 fully saturated rings. The Morgan fingerprint density at radius 1 is 1.16 bits per heavy atom. The molecule has 0 aliphatic rings. The van der Waals surface area contributed by atoms with Crippen molar-refractivity contribution in [2.24, 2.45) is 5.73 Å². The monoisotopic (exact) mass is 257 g/mol. The highest BCUT2D eigenvalue weighted by molar-refractivity contribution is 5.31. The summed E-state index contributed by atoms with van der Waals surface area (Å²) in [5, 5.41) is 9.50. The molecule has 0 radical (unpaired) electrons. The van der Waals surface area contributed by atoms with Gasteiger partial charge < -0.3 is 15.6 Å². The van der Waals surface area contributed by atoms with Gasteiger partial charge in [-0.15, -0.1) is 0 Å². The number of phenolic OH excluding ortho intramolecular Hbond substituents is 1. The number of nitrogens with two attached hydrogens (primary N) is 1. The van der Waals surface area contributed by atoms with Crippen LogP contribution in [0.2, 0.25) is 0 Å². The summed E-state index contributed by atoms with van der Waals surface area (Å²) < 4.78 is 5.77. The van der Waals surface area contributed by atoms with E-state index in [0.717, 1.165) is 11.3 Å². The van der Waals surface area contributed by atoms with Crippen LogP contribution in [-0.2, 0) is 0 Å². The highest BCUT2D eigenvalue weighted by Gasteiger charge is 2.11. The van der Waals surface area contributed by atoms with Gasteiger partial charge in [0, 0.05) is 12.5 Å². The normalized spacial score (nSPS) is 12.1. The van der Waals surface area contributed by atoms with Gasteiger partial charge in [0.05, 0.1) is 6.61 Å². The molecule has 3 N–H and O–H groups in total. The van der Waals surface area contributed by atoms with Crippen molar-refractivity contribution in [3.63, 3.8) is 0 Å². The largest absolute Gasteiger partial charge is 0.508 e. The zero-order valence-corrected chi connectivity index (χ0v) is 11.0. The number of aryl methyl sites for hydroxylation is 1. The summed E-state index contributed by atoms with van der Waals surface area (Å²) in [4.78, 5) is 0. The lowest BCUT2D eigenvalue weighted by molar-refractivity contribution is 0.290. The lowest BCUT2D eigenvalue weighted by Crippen LogP contribution is -2.19. The maximum absolute atomic E-state index is 9.50. The number of hydrogen-bond donors (Lipinski definition) is 2. The number of aromatic hydroxyl groups is 1. The maximum Gasteiger partial charge on any atom is 0.119 e. The standard InChI is InChI=1S/C16H19NO2/c1-12-4-2-7-16(8-12)19-11-14(10-17)13-5-3-6-15(18)9-13/h2-9,14,18H,10-11,17H2,1H3. The molecule has 2 aromatic rings. The SMILES string of the molecule is Cc1cccc(OCC(CN)c2cccc(O)c2)c1. The van der Waals surface area contributed by atoms with Crippen molar-refractivity contribution in [2.45, 2.75) is 12.8 Å². The zero-order chi connectivity index (χ0) is 13.7. The molecule has 19 heavy (non-hydrogen) atoms. The fourth-order valence-electron chi connectivity index (χ4n) is 1.98. The number of ether oxygens (including phenoxy) is 1. The van der Waals surface area contributed by atoms with E-state index in [4.69, 9.17) is 10.5 Å². The van der Waals surface area contributed by atoms with E-state index < -0.39 is 0 Å². The van der Waals surface area contributed by atoms with E-state index in [2.05, 4.69) is 0 Å². The third-order valence-corrected chi connectivity index (χ3v) is 3.07. The average Bonchev–Trinajstić information content (AvgIpc) is 2.40. The average molecular weight is 257 g/mol. The quantitative estimate of drug-likeness (QED) is 0.866. The summed E-state index contributed by atoms with van der Waals surface area (Å²) in [5.74, 6) is 1.18. The first-order valence-corrected chi connectivity index (χ1v) is 6.37. The first kappa shape index (κ1) is 13.4. The van der Waals surface area contributed by atoms with E-state index in [-0.39, 0.29) is 11.7 Å².